The predicted molar refractivity (Wildman–Crippen MR) is 67.2 cm³/mol. The quantitative estimate of drug-likeness (QED) is 0.810. The first-order valence-corrected chi connectivity index (χ1v) is 6.52. The monoisotopic (exact) mass is 257 g/mol. The molecule has 0 bridgehead atoms. The Bertz CT molecular complexity index is 297. The van der Waals surface area contributed by atoms with Crippen molar-refractivity contribution in [3.05, 3.63) is 0 Å². The number of likely N-dealkylation sites (N-methyl/N-ethyl adjacent to an activating group) is 1. The van der Waals surface area contributed by atoms with Crippen LogP contribution in [-0.2, 0) is 14.3 Å². The molecule has 1 aliphatic carbocycles. The van der Waals surface area contributed by atoms with Crippen molar-refractivity contribution < 1.29 is 19.4 Å². The minimum atomic E-state index is -1.04. The summed E-state index contributed by atoms with van der Waals surface area (Å²) in [7, 11) is 1.78. The molecule has 1 amide bonds. The van der Waals surface area contributed by atoms with E-state index in [1.54, 1.807) is 11.9 Å². The molecule has 1 N–H and O–H groups in total. The van der Waals surface area contributed by atoms with Gasteiger partial charge in [-0.2, -0.15) is 0 Å². The summed E-state index contributed by atoms with van der Waals surface area (Å²) in [6.07, 6.45) is 3.41. The van der Waals surface area contributed by atoms with Gasteiger partial charge in [-0.3, -0.25) is 4.79 Å². The number of carbonyl (C=O) groups excluding carboxylic acids is 1. The predicted octanol–water partition coefficient (Wildman–Crippen LogP) is 1.51. The van der Waals surface area contributed by atoms with Gasteiger partial charge in [0.25, 0.3) is 0 Å². The average molecular weight is 257 g/mol. The Kier molecular flexibility index (Phi) is 5.59. The fourth-order valence-corrected chi connectivity index (χ4v) is 2.20. The lowest BCUT2D eigenvalue weighted by Gasteiger charge is -2.33. The van der Waals surface area contributed by atoms with Gasteiger partial charge >= 0.3 is 5.97 Å². The van der Waals surface area contributed by atoms with E-state index in [1.165, 1.54) is 6.92 Å². The van der Waals surface area contributed by atoms with Gasteiger partial charge in [-0.05, 0) is 38.5 Å². The zero-order valence-corrected chi connectivity index (χ0v) is 11.4. The molecule has 18 heavy (non-hydrogen) atoms. The molecule has 0 aromatic heterocycles. The Morgan fingerprint density at radius 1 is 1.33 bits per heavy atom. The van der Waals surface area contributed by atoms with Crippen molar-refractivity contribution in [2.45, 2.75) is 51.7 Å². The first-order chi connectivity index (χ1) is 8.41. The molecule has 0 aromatic carbocycles. The zero-order valence-electron chi connectivity index (χ0n) is 11.4. The third-order valence-corrected chi connectivity index (χ3v) is 3.73. The van der Waals surface area contributed by atoms with Gasteiger partial charge in [0.05, 0.1) is 0 Å². The first-order valence-electron chi connectivity index (χ1n) is 6.52. The normalized spacial score (nSPS) is 25.5. The maximum absolute atomic E-state index is 11.9. The van der Waals surface area contributed by atoms with E-state index < -0.39 is 12.1 Å². The highest BCUT2D eigenvalue weighted by molar-refractivity contribution is 5.78. The molecule has 5 nitrogen and oxygen atoms in total. The van der Waals surface area contributed by atoms with E-state index in [9.17, 15) is 9.59 Å². The molecule has 0 aliphatic heterocycles. The molecule has 5 heteroatoms. The molecule has 1 aliphatic rings. The van der Waals surface area contributed by atoms with Gasteiger partial charge in [-0.15, -0.1) is 0 Å². The van der Waals surface area contributed by atoms with Crippen LogP contribution >= 0.6 is 0 Å². The number of ether oxygens (including phenoxy) is 1. The summed E-state index contributed by atoms with van der Waals surface area (Å²) in [5.41, 5.74) is 0. The van der Waals surface area contributed by atoms with Crippen molar-refractivity contribution in [1.82, 2.24) is 4.90 Å². The van der Waals surface area contributed by atoms with Crippen molar-refractivity contribution >= 4 is 11.9 Å². The molecule has 0 spiro atoms. The van der Waals surface area contributed by atoms with E-state index >= 15 is 0 Å². The molecular weight excluding hydrogens is 234 g/mol. The second-order valence-corrected chi connectivity index (χ2v) is 5.21. The molecule has 1 rings (SSSR count). The van der Waals surface area contributed by atoms with E-state index in [0.29, 0.717) is 0 Å². The van der Waals surface area contributed by atoms with E-state index in [-0.39, 0.29) is 18.6 Å². The maximum atomic E-state index is 11.9. The number of carboxylic acids is 1. The van der Waals surface area contributed by atoms with Crippen molar-refractivity contribution in [2.75, 3.05) is 13.7 Å². The fourth-order valence-electron chi connectivity index (χ4n) is 2.20. The van der Waals surface area contributed by atoms with Crippen molar-refractivity contribution in [3.8, 4) is 0 Å². The van der Waals surface area contributed by atoms with Crippen LogP contribution in [0.3, 0.4) is 0 Å². The van der Waals surface area contributed by atoms with Crippen LogP contribution in [0.25, 0.3) is 0 Å². The molecule has 1 unspecified atom stereocenters. The third kappa shape index (κ3) is 4.29. The Morgan fingerprint density at radius 2 is 1.89 bits per heavy atom. The molecule has 0 aromatic rings. The van der Waals surface area contributed by atoms with Crippen molar-refractivity contribution in [2.24, 2.45) is 5.92 Å². The van der Waals surface area contributed by atoms with Crippen LogP contribution in [-0.4, -0.2) is 47.7 Å². The van der Waals surface area contributed by atoms with Crippen LogP contribution in [0.4, 0.5) is 0 Å². The van der Waals surface area contributed by atoms with Crippen LogP contribution in [0.1, 0.15) is 39.5 Å². The van der Waals surface area contributed by atoms with Gasteiger partial charge in [0, 0.05) is 13.1 Å². The fraction of sp³-hybridized carbons (Fsp3) is 0.846. The number of carbonyl (C=O) groups is 2. The van der Waals surface area contributed by atoms with Gasteiger partial charge in [-0.1, -0.05) is 6.92 Å². The number of carboxylic acid groups (broad SMARTS) is 1. The van der Waals surface area contributed by atoms with Crippen LogP contribution < -0.4 is 0 Å². The highest BCUT2D eigenvalue weighted by Crippen LogP contribution is 2.26. The Balaban J connectivity index is 2.35. The van der Waals surface area contributed by atoms with E-state index in [1.807, 2.05) is 0 Å². The standard InChI is InChI=1S/C13H23NO4/c1-9-4-6-11(7-5-9)14(3)12(15)8-18-10(2)13(16)17/h9-11H,4-8H2,1-3H3,(H,16,17). The number of aliphatic carboxylic acids is 1. The lowest BCUT2D eigenvalue weighted by atomic mass is 9.87. The third-order valence-electron chi connectivity index (χ3n) is 3.73. The summed E-state index contributed by atoms with van der Waals surface area (Å²) >= 11 is 0. The molecule has 1 saturated carbocycles. The minimum absolute atomic E-state index is 0.136. The van der Waals surface area contributed by atoms with Crippen molar-refractivity contribution in [1.29, 1.82) is 0 Å². The topological polar surface area (TPSA) is 66.8 Å². The van der Waals surface area contributed by atoms with Gasteiger partial charge in [0.2, 0.25) is 5.91 Å². The number of nitrogens with zero attached hydrogens (tertiary/aromatic N) is 1. The minimum Gasteiger partial charge on any atom is -0.479 e. The molecule has 0 heterocycles. The second kappa shape index (κ2) is 6.73. The van der Waals surface area contributed by atoms with Gasteiger partial charge in [0.1, 0.15) is 6.61 Å². The summed E-state index contributed by atoms with van der Waals surface area (Å²) < 4.78 is 5.01. The average Bonchev–Trinajstić information content (AvgIpc) is 2.35. The number of hydrogen-bond acceptors (Lipinski definition) is 3. The van der Waals surface area contributed by atoms with E-state index in [2.05, 4.69) is 6.92 Å². The Hall–Kier alpha value is -1.10. The molecule has 1 atom stereocenters. The van der Waals surface area contributed by atoms with Gasteiger partial charge < -0.3 is 14.7 Å². The maximum Gasteiger partial charge on any atom is 0.332 e. The Morgan fingerprint density at radius 3 is 2.39 bits per heavy atom. The van der Waals surface area contributed by atoms with Crippen molar-refractivity contribution in [3.63, 3.8) is 0 Å². The summed E-state index contributed by atoms with van der Waals surface area (Å²) in [5.74, 6) is -0.437. The van der Waals surface area contributed by atoms with Crippen LogP contribution in [0.2, 0.25) is 0 Å². The number of amides is 1. The number of hydrogen-bond donors (Lipinski definition) is 1. The number of rotatable bonds is 5. The lowest BCUT2D eigenvalue weighted by Crippen LogP contribution is -2.41. The van der Waals surface area contributed by atoms with Gasteiger partial charge in [0.15, 0.2) is 6.10 Å². The zero-order chi connectivity index (χ0) is 13.7. The Labute approximate surface area is 108 Å². The smallest absolute Gasteiger partial charge is 0.332 e. The molecule has 0 saturated heterocycles. The summed E-state index contributed by atoms with van der Waals surface area (Å²) in [6.45, 7) is 3.50. The molecular formula is C13H23NO4. The lowest BCUT2D eigenvalue weighted by molar-refractivity contribution is -0.153. The van der Waals surface area contributed by atoms with Gasteiger partial charge in [-0.25, -0.2) is 4.79 Å². The largest absolute Gasteiger partial charge is 0.479 e. The second-order valence-electron chi connectivity index (χ2n) is 5.21. The van der Waals surface area contributed by atoms with Crippen LogP contribution in [0.15, 0.2) is 0 Å². The summed E-state index contributed by atoms with van der Waals surface area (Å²) in [5, 5.41) is 8.66. The highest BCUT2D eigenvalue weighted by Gasteiger charge is 2.25. The summed E-state index contributed by atoms with van der Waals surface area (Å²) in [4.78, 5) is 24.1. The van der Waals surface area contributed by atoms with E-state index in [0.717, 1.165) is 31.6 Å². The first kappa shape index (κ1) is 15.0. The SMILES string of the molecule is CC1CCC(N(C)C(=O)COC(C)C(=O)O)CC1. The molecule has 1 fully saturated rings. The summed E-state index contributed by atoms with van der Waals surface area (Å²) in [6, 6.07) is 0.275. The highest BCUT2D eigenvalue weighted by atomic mass is 16.5. The molecule has 0 radical (unpaired) electrons. The van der Waals surface area contributed by atoms with Crippen LogP contribution in [0, 0.1) is 5.92 Å². The van der Waals surface area contributed by atoms with Crippen LogP contribution in [0.5, 0.6) is 0 Å². The molecule has 104 valence electrons. The van der Waals surface area contributed by atoms with E-state index in [4.69, 9.17) is 9.84 Å².